The molecule has 0 amide bonds. The van der Waals surface area contributed by atoms with Crippen LogP contribution in [0, 0.1) is 5.92 Å². The van der Waals surface area contributed by atoms with Gasteiger partial charge in [-0.1, -0.05) is 0 Å². The van der Waals surface area contributed by atoms with Gasteiger partial charge in [-0.2, -0.15) is 0 Å². The first kappa shape index (κ1) is 9.99. The van der Waals surface area contributed by atoms with Gasteiger partial charge in [-0.25, -0.2) is 0 Å². The number of ether oxygens (including phenoxy) is 2. The van der Waals surface area contributed by atoms with E-state index in [2.05, 4.69) is 5.32 Å². The fourth-order valence-corrected chi connectivity index (χ4v) is 2.38. The van der Waals surface area contributed by atoms with Crippen molar-refractivity contribution < 1.29 is 9.47 Å². The van der Waals surface area contributed by atoms with Crippen molar-refractivity contribution >= 4 is 0 Å². The van der Waals surface area contributed by atoms with Crippen molar-refractivity contribution in [2.45, 2.75) is 25.3 Å². The van der Waals surface area contributed by atoms with Crippen LogP contribution in [0.4, 0.5) is 0 Å². The standard InChI is InChI=1S/C11H19NO2/c1-12-11(10-4-6-14-8-10)9-3-2-5-13-7-9/h8-9,11-12H,2-7H2,1H3. The molecule has 3 heteroatoms. The van der Waals surface area contributed by atoms with E-state index in [0.29, 0.717) is 12.0 Å². The molecule has 0 aromatic heterocycles. The summed E-state index contributed by atoms with van der Waals surface area (Å²) in [5.74, 6) is 0.627. The molecule has 2 aliphatic rings. The highest BCUT2D eigenvalue weighted by atomic mass is 16.5. The first-order valence-electron chi connectivity index (χ1n) is 5.47. The zero-order valence-electron chi connectivity index (χ0n) is 8.79. The SMILES string of the molecule is CNC(C1=COCC1)C1CCCOC1. The summed E-state index contributed by atoms with van der Waals surface area (Å²) >= 11 is 0. The molecule has 2 heterocycles. The minimum Gasteiger partial charge on any atom is -0.501 e. The molecule has 2 atom stereocenters. The number of hydrogen-bond donors (Lipinski definition) is 1. The summed E-state index contributed by atoms with van der Waals surface area (Å²) in [6.07, 6.45) is 5.46. The number of nitrogens with one attached hydrogen (secondary N) is 1. The van der Waals surface area contributed by atoms with Crippen LogP contribution in [0.15, 0.2) is 11.8 Å². The van der Waals surface area contributed by atoms with Crippen LogP contribution in [0.5, 0.6) is 0 Å². The average molecular weight is 197 g/mol. The maximum Gasteiger partial charge on any atom is 0.0912 e. The molecule has 0 spiro atoms. The van der Waals surface area contributed by atoms with E-state index < -0.39 is 0 Å². The normalized spacial score (nSPS) is 29.5. The summed E-state index contributed by atoms with van der Waals surface area (Å²) in [5.41, 5.74) is 1.41. The predicted octanol–water partition coefficient (Wildman–Crippen LogP) is 1.31. The Bertz CT molecular complexity index is 209. The minimum atomic E-state index is 0.456. The van der Waals surface area contributed by atoms with Crippen LogP contribution in [-0.2, 0) is 9.47 Å². The maximum absolute atomic E-state index is 5.52. The van der Waals surface area contributed by atoms with Gasteiger partial charge in [-0.05, 0) is 25.5 Å². The highest BCUT2D eigenvalue weighted by Gasteiger charge is 2.27. The van der Waals surface area contributed by atoms with Crippen molar-refractivity contribution in [1.82, 2.24) is 5.32 Å². The Balaban J connectivity index is 1.96. The molecule has 14 heavy (non-hydrogen) atoms. The molecule has 1 saturated heterocycles. The molecule has 80 valence electrons. The molecule has 1 fully saturated rings. The monoisotopic (exact) mass is 197 g/mol. The van der Waals surface area contributed by atoms with Gasteiger partial charge in [-0.3, -0.25) is 0 Å². The molecule has 2 aliphatic heterocycles. The van der Waals surface area contributed by atoms with E-state index >= 15 is 0 Å². The number of rotatable bonds is 3. The lowest BCUT2D eigenvalue weighted by molar-refractivity contribution is 0.0451. The van der Waals surface area contributed by atoms with Crippen LogP contribution in [0.2, 0.25) is 0 Å². The molecular formula is C11H19NO2. The van der Waals surface area contributed by atoms with E-state index in [1.165, 1.54) is 18.4 Å². The third-order valence-electron chi connectivity index (χ3n) is 3.12. The van der Waals surface area contributed by atoms with E-state index in [-0.39, 0.29) is 0 Å². The van der Waals surface area contributed by atoms with Crippen molar-refractivity contribution in [2.24, 2.45) is 5.92 Å². The van der Waals surface area contributed by atoms with E-state index in [4.69, 9.17) is 9.47 Å². The molecule has 0 aromatic carbocycles. The van der Waals surface area contributed by atoms with Gasteiger partial charge in [-0.15, -0.1) is 0 Å². The zero-order chi connectivity index (χ0) is 9.80. The molecule has 0 radical (unpaired) electrons. The first-order valence-corrected chi connectivity index (χ1v) is 5.47. The van der Waals surface area contributed by atoms with E-state index in [9.17, 15) is 0 Å². The minimum absolute atomic E-state index is 0.456. The second-order valence-electron chi connectivity index (χ2n) is 4.06. The molecule has 0 bridgehead atoms. The topological polar surface area (TPSA) is 30.5 Å². The highest BCUT2D eigenvalue weighted by Crippen LogP contribution is 2.25. The largest absolute Gasteiger partial charge is 0.501 e. The second kappa shape index (κ2) is 4.80. The van der Waals surface area contributed by atoms with Gasteiger partial charge in [0, 0.05) is 25.0 Å². The highest BCUT2D eigenvalue weighted by molar-refractivity contribution is 5.13. The van der Waals surface area contributed by atoms with Crippen molar-refractivity contribution in [3.63, 3.8) is 0 Å². The predicted molar refractivity (Wildman–Crippen MR) is 55.0 cm³/mol. The molecule has 1 N–H and O–H groups in total. The van der Waals surface area contributed by atoms with Gasteiger partial charge in [0.2, 0.25) is 0 Å². The molecular weight excluding hydrogens is 178 g/mol. The van der Waals surface area contributed by atoms with Gasteiger partial charge in [0.15, 0.2) is 0 Å². The van der Waals surface area contributed by atoms with Gasteiger partial charge < -0.3 is 14.8 Å². The number of likely N-dealkylation sites (N-methyl/N-ethyl adjacent to an activating group) is 1. The van der Waals surface area contributed by atoms with Crippen molar-refractivity contribution in [2.75, 3.05) is 26.9 Å². The third-order valence-corrected chi connectivity index (χ3v) is 3.12. The quantitative estimate of drug-likeness (QED) is 0.740. The van der Waals surface area contributed by atoms with Crippen LogP contribution in [0.25, 0.3) is 0 Å². The fraction of sp³-hybridized carbons (Fsp3) is 0.818. The van der Waals surface area contributed by atoms with Gasteiger partial charge in [0.25, 0.3) is 0 Å². The Hall–Kier alpha value is -0.540. The third kappa shape index (κ3) is 2.10. The van der Waals surface area contributed by atoms with Gasteiger partial charge in [0.05, 0.1) is 19.5 Å². The smallest absolute Gasteiger partial charge is 0.0912 e. The van der Waals surface area contributed by atoms with Gasteiger partial charge in [0.1, 0.15) is 0 Å². The van der Waals surface area contributed by atoms with Crippen LogP contribution >= 0.6 is 0 Å². The molecule has 2 unspecified atom stereocenters. The van der Waals surface area contributed by atoms with Crippen molar-refractivity contribution in [3.05, 3.63) is 11.8 Å². The first-order chi connectivity index (χ1) is 6.92. The van der Waals surface area contributed by atoms with Crippen LogP contribution < -0.4 is 5.32 Å². The second-order valence-corrected chi connectivity index (χ2v) is 4.06. The lowest BCUT2D eigenvalue weighted by atomic mass is 9.88. The summed E-state index contributed by atoms with van der Waals surface area (Å²) in [7, 11) is 2.03. The summed E-state index contributed by atoms with van der Waals surface area (Å²) < 4.78 is 10.8. The average Bonchev–Trinajstić information content (AvgIpc) is 2.74. The lowest BCUT2D eigenvalue weighted by Crippen LogP contribution is -2.39. The summed E-state index contributed by atoms with van der Waals surface area (Å²) in [6.45, 7) is 2.67. The Labute approximate surface area is 85.5 Å². The molecule has 0 aromatic rings. The maximum atomic E-state index is 5.52. The van der Waals surface area contributed by atoms with E-state index in [1.54, 1.807) is 0 Å². The summed E-state index contributed by atoms with van der Waals surface area (Å²) in [5, 5.41) is 3.39. The molecule has 3 nitrogen and oxygen atoms in total. The molecule has 2 rings (SSSR count). The van der Waals surface area contributed by atoms with Crippen LogP contribution in [-0.4, -0.2) is 32.9 Å². The summed E-state index contributed by atoms with van der Waals surface area (Å²) in [4.78, 5) is 0. The Morgan fingerprint density at radius 2 is 2.43 bits per heavy atom. The fourth-order valence-electron chi connectivity index (χ4n) is 2.38. The Morgan fingerprint density at radius 3 is 3.00 bits per heavy atom. The van der Waals surface area contributed by atoms with Crippen LogP contribution in [0.1, 0.15) is 19.3 Å². The van der Waals surface area contributed by atoms with Gasteiger partial charge >= 0.3 is 0 Å². The van der Waals surface area contributed by atoms with Crippen molar-refractivity contribution in [1.29, 1.82) is 0 Å². The molecule has 0 aliphatic carbocycles. The van der Waals surface area contributed by atoms with Crippen LogP contribution in [0.3, 0.4) is 0 Å². The summed E-state index contributed by atoms with van der Waals surface area (Å²) in [6, 6.07) is 0.456. The van der Waals surface area contributed by atoms with E-state index in [1.807, 2.05) is 13.3 Å². The van der Waals surface area contributed by atoms with Crippen molar-refractivity contribution in [3.8, 4) is 0 Å². The Morgan fingerprint density at radius 1 is 1.50 bits per heavy atom. The van der Waals surface area contributed by atoms with E-state index in [0.717, 1.165) is 26.2 Å². The molecule has 0 saturated carbocycles. The zero-order valence-corrected chi connectivity index (χ0v) is 8.79. The number of hydrogen-bond acceptors (Lipinski definition) is 3. The lowest BCUT2D eigenvalue weighted by Gasteiger charge is -2.30. The Kier molecular flexibility index (Phi) is 3.43.